The molecule has 1 fully saturated rings. The summed E-state index contributed by atoms with van der Waals surface area (Å²) in [6, 6.07) is 0.00670. The molecule has 0 aromatic carbocycles. The summed E-state index contributed by atoms with van der Waals surface area (Å²) in [5.74, 6) is 1.06. The van der Waals surface area contributed by atoms with Crippen LogP contribution < -0.4 is 5.32 Å². The van der Waals surface area contributed by atoms with Crippen molar-refractivity contribution in [3.05, 3.63) is 12.4 Å². The first-order chi connectivity index (χ1) is 13.1. The van der Waals surface area contributed by atoms with E-state index in [1.165, 1.54) is 57.8 Å². The van der Waals surface area contributed by atoms with Crippen molar-refractivity contribution in [3.8, 4) is 0 Å². The van der Waals surface area contributed by atoms with E-state index in [4.69, 9.17) is 0 Å². The summed E-state index contributed by atoms with van der Waals surface area (Å²) < 4.78 is 0. The molecular formula is C22H41N3O2. The van der Waals surface area contributed by atoms with Crippen LogP contribution in [0.5, 0.6) is 0 Å². The van der Waals surface area contributed by atoms with Gasteiger partial charge in [-0.15, -0.1) is 0 Å². The van der Waals surface area contributed by atoms with Gasteiger partial charge in [0.2, 0.25) is 6.41 Å². The Hall–Kier alpha value is -1.52. The molecule has 5 nitrogen and oxygen atoms in total. The Morgan fingerprint density at radius 1 is 0.963 bits per heavy atom. The highest BCUT2D eigenvalue weighted by atomic mass is 16.2. The van der Waals surface area contributed by atoms with E-state index in [-0.39, 0.29) is 6.03 Å². The zero-order valence-electron chi connectivity index (χ0n) is 17.7. The molecule has 0 spiro atoms. The first-order valence-corrected chi connectivity index (χ1v) is 11.1. The van der Waals surface area contributed by atoms with Gasteiger partial charge >= 0.3 is 6.03 Å². The molecule has 0 saturated heterocycles. The number of nitrogens with one attached hydrogen (secondary N) is 1. The SMILES string of the molecule is C=C(NC=O)N(CCCCCCC)C(=O)N(CCCCCCC)CC1CC1. The molecule has 1 rings (SSSR count). The average molecular weight is 380 g/mol. The van der Waals surface area contributed by atoms with Gasteiger partial charge in [0.25, 0.3) is 0 Å². The lowest BCUT2D eigenvalue weighted by molar-refractivity contribution is -0.109. The third-order valence-corrected chi connectivity index (χ3v) is 5.25. The van der Waals surface area contributed by atoms with Crippen molar-refractivity contribution in [2.45, 2.75) is 90.9 Å². The number of unbranched alkanes of at least 4 members (excludes halogenated alkanes) is 8. The largest absolute Gasteiger partial charge is 0.325 e. The van der Waals surface area contributed by atoms with Crippen LogP contribution in [-0.2, 0) is 4.79 Å². The lowest BCUT2D eigenvalue weighted by atomic mass is 10.1. The van der Waals surface area contributed by atoms with Crippen LogP contribution in [0.4, 0.5) is 4.79 Å². The van der Waals surface area contributed by atoms with Crippen molar-refractivity contribution >= 4 is 12.4 Å². The van der Waals surface area contributed by atoms with Crippen molar-refractivity contribution < 1.29 is 9.59 Å². The van der Waals surface area contributed by atoms with Gasteiger partial charge in [-0.1, -0.05) is 71.8 Å². The van der Waals surface area contributed by atoms with Crippen LogP contribution in [-0.4, -0.2) is 41.9 Å². The highest BCUT2D eigenvalue weighted by molar-refractivity contribution is 5.77. The van der Waals surface area contributed by atoms with Crippen LogP contribution in [0.15, 0.2) is 12.4 Å². The fourth-order valence-electron chi connectivity index (χ4n) is 3.32. The molecule has 0 unspecified atom stereocenters. The number of amides is 3. The van der Waals surface area contributed by atoms with Crippen molar-refractivity contribution in [2.75, 3.05) is 19.6 Å². The molecule has 0 aromatic rings. The number of rotatable bonds is 17. The van der Waals surface area contributed by atoms with E-state index in [1.807, 2.05) is 4.90 Å². The molecule has 0 atom stereocenters. The first kappa shape index (κ1) is 23.5. The normalized spacial score (nSPS) is 13.3. The second-order valence-electron chi connectivity index (χ2n) is 7.86. The number of hydrogen-bond donors (Lipinski definition) is 1. The second kappa shape index (κ2) is 14.5. The maximum atomic E-state index is 13.2. The summed E-state index contributed by atoms with van der Waals surface area (Å²) in [5.41, 5.74) is 0. The van der Waals surface area contributed by atoms with Crippen molar-refractivity contribution in [2.24, 2.45) is 5.92 Å². The van der Waals surface area contributed by atoms with Gasteiger partial charge in [-0.25, -0.2) is 4.79 Å². The van der Waals surface area contributed by atoms with Gasteiger partial charge in [0.15, 0.2) is 0 Å². The van der Waals surface area contributed by atoms with Gasteiger partial charge in [0, 0.05) is 19.6 Å². The molecule has 0 bridgehead atoms. The Bertz CT molecular complexity index is 435. The van der Waals surface area contributed by atoms with Gasteiger partial charge in [-0.2, -0.15) is 0 Å². The van der Waals surface area contributed by atoms with E-state index in [2.05, 4.69) is 25.7 Å². The average Bonchev–Trinajstić information content (AvgIpc) is 3.47. The Morgan fingerprint density at radius 3 is 2.04 bits per heavy atom. The molecule has 156 valence electrons. The quantitative estimate of drug-likeness (QED) is 0.276. The lowest BCUT2D eigenvalue weighted by Crippen LogP contribution is -2.46. The zero-order chi connectivity index (χ0) is 19.9. The van der Waals surface area contributed by atoms with Crippen LogP contribution in [0.25, 0.3) is 0 Å². The summed E-state index contributed by atoms with van der Waals surface area (Å²) in [4.78, 5) is 27.7. The van der Waals surface area contributed by atoms with Gasteiger partial charge in [-0.3, -0.25) is 9.69 Å². The molecule has 0 aromatic heterocycles. The Kier molecular flexibility index (Phi) is 12.7. The van der Waals surface area contributed by atoms with Gasteiger partial charge in [0.1, 0.15) is 5.82 Å². The first-order valence-electron chi connectivity index (χ1n) is 11.1. The van der Waals surface area contributed by atoms with E-state index in [0.717, 1.165) is 32.4 Å². The van der Waals surface area contributed by atoms with Crippen LogP contribution in [0.1, 0.15) is 90.9 Å². The molecule has 1 saturated carbocycles. The summed E-state index contributed by atoms with van der Waals surface area (Å²) in [6.45, 7) is 10.6. The molecule has 1 aliphatic carbocycles. The topological polar surface area (TPSA) is 52.7 Å². The second-order valence-corrected chi connectivity index (χ2v) is 7.86. The van der Waals surface area contributed by atoms with E-state index >= 15 is 0 Å². The maximum Gasteiger partial charge on any atom is 0.325 e. The molecule has 1 N–H and O–H groups in total. The molecule has 27 heavy (non-hydrogen) atoms. The minimum atomic E-state index is 0.00670. The highest BCUT2D eigenvalue weighted by Crippen LogP contribution is 2.30. The van der Waals surface area contributed by atoms with E-state index in [9.17, 15) is 9.59 Å². The highest BCUT2D eigenvalue weighted by Gasteiger charge is 2.29. The molecule has 0 radical (unpaired) electrons. The van der Waals surface area contributed by atoms with Crippen LogP contribution >= 0.6 is 0 Å². The number of carbonyl (C=O) groups is 2. The maximum absolute atomic E-state index is 13.2. The molecule has 0 aliphatic heterocycles. The summed E-state index contributed by atoms with van der Waals surface area (Å²) in [5, 5.41) is 2.59. The lowest BCUT2D eigenvalue weighted by Gasteiger charge is -2.31. The van der Waals surface area contributed by atoms with Gasteiger partial charge in [0.05, 0.1) is 0 Å². The zero-order valence-corrected chi connectivity index (χ0v) is 17.7. The number of hydrogen-bond acceptors (Lipinski definition) is 2. The van der Waals surface area contributed by atoms with Crippen molar-refractivity contribution in [1.29, 1.82) is 0 Å². The molecule has 0 heterocycles. The van der Waals surface area contributed by atoms with E-state index in [0.29, 0.717) is 24.7 Å². The fourth-order valence-corrected chi connectivity index (χ4v) is 3.32. The number of urea groups is 1. The summed E-state index contributed by atoms with van der Waals surface area (Å²) in [6.07, 6.45) is 14.7. The molecule has 5 heteroatoms. The standard InChI is InChI=1S/C22H41N3O2/c1-4-6-8-10-12-16-24(18-21-14-15-21)22(27)25(20(3)23-19-26)17-13-11-9-7-5-2/h19,21H,3-18H2,1-2H3,(H,23,26). The predicted octanol–water partition coefficient (Wildman–Crippen LogP) is 5.28. The molecule has 1 aliphatic rings. The van der Waals surface area contributed by atoms with E-state index < -0.39 is 0 Å². The van der Waals surface area contributed by atoms with E-state index in [1.54, 1.807) is 4.90 Å². The van der Waals surface area contributed by atoms with Crippen LogP contribution in [0.2, 0.25) is 0 Å². The van der Waals surface area contributed by atoms with Gasteiger partial charge < -0.3 is 10.2 Å². The third kappa shape index (κ3) is 10.4. The predicted molar refractivity (Wildman–Crippen MR) is 112 cm³/mol. The Balaban J connectivity index is 2.60. The summed E-state index contributed by atoms with van der Waals surface area (Å²) in [7, 11) is 0. The number of nitrogens with zero attached hydrogens (tertiary/aromatic N) is 2. The third-order valence-electron chi connectivity index (χ3n) is 5.25. The van der Waals surface area contributed by atoms with Crippen LogP contribution in [0.3, 0.4) is 0 Å². The molecule has 3 amide bonds. The number of carbonyl (C=O) groups excluding carboxylic acids is 2. The summed E-state index contributed by atoms with van der Waals surface area (Å²) >= 11 is 0. The minimum Gasteiger partial charge on any atom is -0.324 e. The smallest absolute Gasteiger partial charge is 0.324 e. The Labute approximate surface area is 166 Å². The minimum absolute atomic E-state index is 0.00670. The van der Waals surface area contributed by atoms with Crippen molar-refractivity contribution in [3.63, 3.8) is 0 Å². The molecular weight excluding hydrogens is 338 g/mol. The van der Waals surface area contributed by atoms with Gasteiger partial charge in [-0.05, 0) is 31.6 Å². The van der Waals surface area contributed by atoms with Crippen LogP contribution in [0, 0.1) is 5.92 Å². The Morgan fingerprint density at radius 2 is 1.52 bits per heavy atom. The van der Waals surface area contributed by atoms with Crippen molar-refractivity contribution in [1.82, 2.24) is 15.1 Å². The fraction of sp³-hybridized carbons (Fsp3) is 0.818. The monoisotopic (exact) mass is 379 g/mol.